The van der Waals surface area contributed by atoms with Gasteiger partial charge in [0.05, 0.1) is 0 Å². The third-order valence-electron chi connectivity index (χ3n) is 14.3. The number of rotatable bonds is 0. The molecule has 0 unspecified atom stereocenters. The molecule has 252 valence electrons. The molecule has 0 saturated heterocycles. The zero-order valence-corrected chi connectivity index (χ0v) is 31.4. The van der Waals surface area contributed by atoms with Crippen molar-refractivity contribution in [1.82, 2.24) is 0 Å². The normalized spacial score (nSPS) is 13.0. The minimum Gasteiger partial charge on any atom is -0.0616 e. The second-order valence-electron chi connectivity index (χ2n) is 16.4. The topological polar surface area (TPSA) is 0 Å². The van der Waals surface area contributed by atoms with Gasteiger partial charge in [-0.1, -0.05) is 109 Å². The van der Waals surface area contributed by atoms with E-state index in [1.54, 1.807) is 0 Å². The molecule has 0 radical (unpaired) electrons. The molecule has 0 aliphatic carbocycles. The van der Waals surface area contributed by atoms with Crippen LogP contribution in [0.1, 0.15) is 33.4 Å². The maximum Gasteiger partial charge on any atom is -0.0000367 e. The van der Waals surface area contributed by atoms with Crippen molar-refractivity contribution in [2.24, 2.45) is 0 Å². The van der Waals surface area contributed by atoms with Crippen LogP contribution < -0.4 is 0 Å². The predicted octanol–water partition coefficient (Wildman–Crippen LogP) is 15.7. The van der Waals surface area contributed by atoms with Gasteiger partial charge in [-0.15, -0.1) is 0 Å². The van der Waals surface area contributed by atoms with Crippen LogP contribution in [0.3, 0.4) is 0 Å². The van der Waals surface area contributed by atoms with Crippen LogP contribution in [-0.2, 0) is 0 Å². The molecule has 0 aliphatic rings. The lowest BCUT2D eigenvalue weighted by Gasteiger charge is -2.29. The van der Waals surface area contributed by atoms with Crippen LogP contribution in [0.5, 0.6) is 0 Å². The van der Waals surface area contributed by atoms with E-state index >= 15 is 0 Å². The Morgan fingerprint density at radius 1 is 0.185 bits per heavy atom. The summed E-state index contributed by atoms with van der Waals surface area (Å²) in [5.41, 5.74) is 8.35. The van der Waals surface area contributed by atoms with E-state index in [2.05, 4.69) is 151 Å². The van der Waals surface area contributed by atoms with E-state index in [-0.39, 0.29) is 0 Å². The third-order valence-corrected chi connectivity index (χ3v) is 14.3. The summed E-state index contributed by atoms with van der Waals surface area (Å²) in [4.78, 5) is 0. The van der Waals surface area contributed by atoms with Crippen molar-refractivity contribution in [2.45, 2.75) is 41.5 Å². The average molecular weight is 685 g/mol. The summed E-state index contributed by atoms with van der Waals surface area (Å²) in [6, 6.07) is 42.0. The van der Waals surface area contributed by atoms with E-state index in [0.717, 1.165) is 0 Å². The van der Waals surface area contributed by atoms with Gasteiger partial charge in [-0.25, -0.2) is 0 Å². The Labute approximate surface area is 312 Å². The van der Waals surface area contributed by atoms with E-state index < -0.39 is 0 Å². The molecular weight excluding hydrogens is 649 g/mol. The van der Waals surface area contributed by atoms with Gasteiger partial charge in [0.25, 0.3) is 0 Å². The second-order valence-corrected chi connectivity index (χ2v) is 16.4. The SMILES string of the molecule is Cc1ccc2c(c1C)c1c3ccccc3c3c4ccccc4c4c5ccccc5c5c6ccccc6c6c7c(C)c(C)c(C)c(C)c7c2c2c1c3c4c5c62. The standard InChI is InChI=1S/C54H36/c1-25-23-24-39-40(26(25)2)46-37-21-13-11-19-35(37)44-33-17-9-7-15-31(33)43-32-16-8-10-18-34(32)45-36-20-12-14-22-38(36)47-41-29(5)27(3)28(4)30(6)42(41)48(39)54-52(46)50(44)49(43)51(45)53(47)54/h7-24H,1-6H3. The van der Waals surface area contributed by atoms with Crippen molar-refractivity contribution < 1.29 is 0 Å². The lowest BCUT2D eigenvalue weighted by atomic mass is 9.73. The fraction of sp³-hybridized carbons (Fsp3) is 0.111. The Kier molecular flexibility index (Phi) is 5.12. The Bertz CT molecular complexity index is 3780. The molecule has 0 heterocycles. The summed E-state index contributed by atoms with van der Waals surface area (Å²) in [5, 5.41) is 33.5. The third kappa shape index (κ3) is 3.00. The highest BCUT2D eigenvalue weighted by Crippen LogP contribution is 2.60. The Hall–Kier alpha value is -6.24. The van der Waals surface area contributed by atoms with Crippen LogP contribution >= 0.6 is 0 Å². The van der Waals surface area contributed by atoms with Crippen molar-refractivity contribution in [2.75, 3.05) is 0 Å². The summed E-state index contributed by atoms with van der Waals surface area (Å²) in [5.74, 6) is 0. The minimum atomic E-state index is 1.34. The number of fused-ring (bicyclic) bond motifs is 18. The molecule has 0 heteroatoms. The van der Waals surface area contributed by atoms with Crippen molar-refractivity contribution in [1.29, 1.82) is 0 Å². The van der Waals surface area contributed by atoms with Gasteiger partial charge in [-0.2, -0.15) is 0 Å². The van der Waals surface area contributed by atoms with Gasteiger partial charge >= 0.3 is 0 Å². The smallest absolute Gasteiger partial charge is 0.0000367 e. The second kappa shape index (κ2) is 9.46. The van der Waals surface area contributed by atoms with Crippen LogP contribution in [0.25, 0.3) is 129 Å². The van der Waals surface area contributed by atoms with Gasteiger partial charge in [0.2, 0.25) is 0 Å². The van der Waals surface area contributed by atoms with Crippen molar-refractivity contribution in [3.05, 3.63) is 143 Å². The molecule has 0 aromatic heterocycles. The fourth-order valence-electron chi connectivity index (χ4n) is 11.6. The number of hydrogen-bond donors (Lipinski definition) is 0. The lowest BCUT2D eigenvalue weighted by Crippen LogP contribution is -2.02. The van der Waals surface area contributed by atoms with Gasteiger partial charge in [0.15, 0.2) is 0 Å². The molecule has 13 aromatic carbocycles. The molecule has 0 aliphatic heterocycles. The first-order valence-electron chi connectivity index (χ1n) is 19.5. The van der Waals surface area contributed by atoms with Crippen LogP contribution in [-0.4, -0.2) is 0 Å². The molecule has 0 nitrogen and oxygen atoms in total. The molecule has 0 atom stereocenters. The minimum absolute atomic E-state index is 1.34. The Morgan fingerprint density at radius 3 is 0.815 bits per heavy atom. The summed E-state index contributed by atoms with van der Waals surface area (Å²) < 4.78 is 0. The van der Waals surface area contributed by atoms with Gasteiger partial charge in [0, 0.05) is 0 Å². The van der Waals surface area contributed by atoms with Crippen LogP contribution in [0.2, 0.25) is 0 Å². The van der Waals surface area contributed by atoms with Crippen LogP contribution in [0, 0.1) is 41.5 Å². The summed E-state index contributed by atoms with van der Waals surface area (Å²) in [6.45, 7) is 14.1. The van der Waals surface area contributed by atoms with E-state index in [4.69, 9.17) is 0 Å². The molecule has 0 spiro atoms. The van der Waals surface area contributed by atoms with Crippen molar-refractivity contribution >= 4 is 129 Å². The highest BCUT2D eigenvalue weighted by atomic mass is 14.3. The van der Waals surface area contributed by atoms with Gasteiger partial charge < -0.3 is 0 Å². The lowest BCUT2D eigenvalue weighted by molar-refractivity contribution is 1.26. The van der Waals surface area contributed by atoms with Crippen LogP contribution in [0.4, 0.5) is 0 Å². The zero-order chi connectivity index (χ0) is 36.0. The Morgan fingerprint density at radius 2 is 0.463 bits per heavy atom. The molecule has 54 heavy (non-hydrogen) atoms. The molecule has 13 aromatic rings. The van der Waals surface area contributed by atoms with Crippen molar-refractivity contribution in [3.8, 4) is 0 Å². The zero-order valence-electron chi connectivity index (χ0n) is 31.4. The summed E-state index contributed by atoms with van der Waals surface area (Å²) >= 11 is 0. The molecular formula is C54H36. The van der Waals surface area contributed by atoms with E-state index in [1.165, 1.54) is 163 Å². The first-order chi connectivity index (χ1) is 26.4. The summed E-state index contributed by atoms with van der Waals surface area (Å²) in [6.07, 6.45) is 0. The van der Waals surface area contributed by atoms with Gasteiger partial charge in [0.1, 0.15) is 0 Å². The molecule has 0 fully saturated rings. The highest BCUT2D eigenvalue weighted by Gasteiger charge is 2.31. The van der Waals surface area contributed by atoms with E-state index in [1.807, 2.05) is 0 Å². The highest BCUT2D eigenvalue weighted by molar-refractivity contribution is 6.61. The number of hydrogen-bond acceptors (Lipinski definition) is 0. The maximum atomic E-state index is 2.46. The van der Waals surface area contributed by atoms with E-state index in [0.29, 0.717) is 0 Å². The first-order valence-corrected chi connectivity index (χ1v) is 19.5. The monoisotopic (exact) mass is 684 g/mol. The Balaban J connectivity index is 1.62. The largest absolute Gasteiger partial charge is 0.0616 e. The summed E-state index contributed by atoms with van der Waals surface area (Å²) in [7, 11) is 0. The predicted molar refractivity (Wildman–Crippen MR) is 238 cm³/mol. The van der Waals surface area contributed by atoms with Gasteiger partial charge in [-0.05, 0) is 204 Å². The van der Waals surface area contributed by atoms with E-state index in [9.17, 15) is 0 Å². The molecule has 0 saturated carbocycles. The fourth-order valence-corrected chi connectivity index (χ4v) is 11.6. The molecule has 0 bridgehead atoms. The quantitative estimate of drug-likeness (QED) is 0.110. The first kappa shape index (κ1) is 29.2. The average Bonchev–Trinajstić information content (AvgIpc) is 3.21. The van der Waals surface area contributed by atoms with Gasteiger partial charge in [-0.3, -0.25) is 0 Å². The molecule has 13 rings (SSSR count). The van der Waals surface area contributed by atoms with Crippen LogP contribution in [0.15, 0.2) is 109 Å². The number of benzene rings is 13. The maximum absolute atomic E-state index is 2.46. The molecule has 0 N–H and O–H groups in total. The van der Waals surface area contributed by atoms with Crippen molar-refractivity contribution in [3.63, 3.8) is 0 Å². The molecule has 0 amide bonds. The number of aryl methyl sites for hydroxylation is 4.